The number of aromatic nitrogens is 2. The van der Waals surface area contributed by atoms with E-state index in [0.717, 1.165) is 48.6 Å². The Morgan fingerprint density at radius 3 is 2.40 bits per heavy atom. The number of methoxy groups -OCH3 is 2. The molecule has 4 aromatic carbocycles. The molecule has 11 heteroatoms. The third-order valence-corrected chi connectivity index (χ3v) is 8.16. The van der Waals surface area contributed by atoms with E-state index in [1.165, 1.54) is 31.9 Å². The van der Waals surface area contributed by atoms with Crippen LogP contribution < -0.4 is 25.5 Å². The zero-order valence-electron chi connectivity index (χ0n) is 26.8. The molecule has 0 spiro atoms. The lowest BCUT2D eigenvalue weighted by Crippen LogP contribution is -2.25. The molecule has 6 rings (SSSR count). The second kappa shape index (κ2) is 14.2. The van der Waals surface area contributed by atoms with Gasteiger partial charge in [0.05, 0.1) is 42.6 Å². The molecule has 0 bridgehead atoms. The van der Waals surface area contributed by atoms with Gasteiger partial charge in [-0.2, -0.15) is 5.10 Å². The Labute approximate surface area is 276 Å². The van der Waals surface area contributed by atoms with Gasteiger partial charge in [0.2, 0.25) is 0 Å². The van der Waals surface area contributed by atoms with Crippen LogP contribution in [0.2, 0.25) is 0 Å². The van der Waals surface area contributed by atoms with Gasteiger partial charge in [-0.15, -0.1) is 0 Å². The summed E-state index contributed by atoms with van der Waals surface area (Å²) in [6, 6.07) is 24.8. The van der Waals surface area contributed by atoms with Gasteiger partial charge in [-0.1, -0.05) is 37.3 Å². The van der Waals surface area contributed by atoms with Crippen molar-refractivity contribution >= 4 is 45.1 Å². The number of benzene rings is 4. The van der Waals surface area contributed by atoms with Crippen LogP contribution in [0.15, 0.2) is 100 Å². The molecule has 11 nitrogen and oxygen atoms in total. The van der Waals surface area contributed by atoms with Crippen molar-refractivity contribution in [2.75, 3.05) is 37.9 Å². The van der Waals surface area contributed by atoms with Crippen molar-refractivity contribution in [2.45, 2.75) is 19.9 Å². The molecule has 0 atom stereocenters. The minimum absolute atomic E-state index is 0.125. The lowest BCUT2D eigenvalue weighted by molar-refractivity contribution is 0.0997. The van der Waals surface area contributed by atoms with Crippen LogP contribution in [-0.2, 0) is 13.0 Å². The Morgan fingerprint density at radius 1 is 0.875 bits per heavy atom. The first-order valence-electron chi connectivity index (χ1n) is 15.5. The molecule has 48 heavy (non-hydrogen) atoms. The molecule has 2 aromatic heterocycles. The number of nitrogens with zero attached hydrogens (tertiary/aromatic N) is 2. The molecular formula is C37H35N5O6. The van der Waals surface area contributed by atoms with E-state index in [0.29, 0.717) is 22.6 Å². The number of hydrogen-bond acceptors (Lipinski definition) is 8. The number of H-pyrrole nitrogens is 1. The summed E-state index contributed by atoms with van der Waals surface area (Å²) in [4.78, 5) is 41.8. The number of likely N-dealkylation sites (N-methyl/N-ethyl adjacent to an activating group) is 1. The smallest absolute Gasteiger partial charge is 0.291 e. The zero-order chi connectivity index (χ0) is 33.6. The molecule has 0 aliphatic heterocycles. The summed E-state index contributed by atoms with van der Waals surface area (Å²) >= 11 is 0. The molecular weight excluding hydrogens is 610 g/mol. The maximum Gasteiger partial charge on any atom is 0.291 e. The van der Waals surface area contributed by atoms with E-state index >= 15 is 0 Å². The predicted octanol–water partition coefficient (Wildman–Crippen LogP) is 6.26. The summed E-state index contributed by atoms with van der Waals surface area (Å²) < 4.78 is 16.5. The second-order valence-electron chi connectivity index (χ2n) is 11.2. The van der Waals surface area contributed by atoms with Crippen LogP contribution >= 0.6 is 0 Å². The van der Waals surface area contributed by atoms with Crippen LogP contribution in [0.25, 0.3) is 21.9 Å². The third kappa shape index (κ3) is 7.06. The molecule has 0 radical (unpaired) electrons. The Kier molecular flexibility index (Phi) is 9.49. The Balaban J connectivity index is 1.14. The first-order valence-corrected chi connectivity index (χ1v) is 15.5. The summed E-state index contributed by atoms with van der Waals surface area (Å²) in [6.45, 7) is 4.77. The molecule has 3 N–H and O–H groups in total. The van der Waals surface area contributed by atoms with Crippen LogP contribution in [0.1, 0.15) is 39.0 Å². The Morgan fingerprint density at radius 2 is 1.62 bits per heavy atom. The number of anilines is 2. The summed E-state index contributed by atoms with van der Waals surface area (Å²) in [5, 5.41) is 14.2. The van der Waals surface area contributed by atoms with E-state index in [9.17, 15) is 14.4 Å². The predicted molar refractivity (Wildman–Crippen MR) is 185 cm³/mol. The summed E-state index contributed by atoms with van der Waals surface area (Å²) in [6.07, 6.45) is 2.68. The molecule has 2 amide bonds. The van der Waals surface area contributed by atoms with Gasteiger partial charge in [0, 0.05) is 36.3 Å². The van der Waals surface area contributed by atoms with Gasteiger partial charge >= 0.3 is 0 Å². The van der Waals surface area contributed by atoms with Gasteiger partial charge in [-0.05, 0) is 66.6 Å². The minimum atomic E-state index is -0.702. The van der Waals surface area contributed by atoms with Gasteiger partial charge in [0.15, 0.2) is 22.7 Å². The Bertz CT molecular complexity index is 2150. The topological polar surface area (TPSA) is 139 Å². The zero-order valence-corrected chi connectivity index (χ0v) is 26.8. The van der Waals surface area contributed by atoms with E-state index in [2.05, 4.69) is 50.9 Å². The maximum atomic E-state index is 13.6. The van der Waals surface area contributed by atoms with E-state index in [-0.39, 0.29) is 28.0 Å². The maximum absolute atomic E-state index is 13.6. The monoisotopic (exact) mass is 645 g/mol. The van der Waals surface area contributed by atoms with Gasteiger partial charge < -0.3 is 24.5 Å². The fraction of sp³-hybridized carbons (Fsp3) is 0.189. The molecule has 6 aromatic rings. The molecule has 244 valence electrons. The quantitative estimate of drug-likeness (QED) is 0.142. The first-order chi connectivity index (χ1) is 23.3. The lowest BCUT2D eigenvalue weighted by Gasteiger charge is -2.20. The highest BCUT2D eigenvalue weighted by molar-refractivity contribution is 6.12. The highest BCUT2D eigenvalue weighted by Crippen LogP contribution is 2.34. The van der Waals surface area contributed by atoms with Crippen LogP contribution in [-0.4, -0.2) is 54.2 Å². The SMILES string of the molecule is CCN(CCc1ccc(NC(=O)c2cc(OC)c(OC)cc2NC(=O)c2cc(=O)c3ccccc3o2)cc1)Cc1ccc2[nH]ncc2c1. The number of rotatable bonds is 12. The van der Waals surface area contributed by atoms with Crippen molar-refractivity contribution in [3.63, 3.8) is 0 Å². The number of ether oxygens (including phenoxy) is 2. The summed E-state index contributed by atoms with van der Waals surface area (Å²) in [7, 11) is 2.91. The summed E-state index contributed by atoms with van der Waals surface area (Å²) in [5.74, 6) is -0.774. The van der Waals surface area contributed by atoms with E-state index in [1.54, 1.807) is 24.3 Å². The number of amides is 2. The number of nitrogens with one attached hydrogen (secondary N) is 3. The molecule has 0 fully saturated rings. The van der Waals surface area contributed by atoms with Crippen molar-refractivity contribution < 1.29 is 23.5 Å². The van der Waals surface area contributed by atoms with Crippen molar-refractivity contribution in [3.8, 4) is 11.5 Å². The number of fused-ring (bicyclic) bond motifs is 2. The van der Waals surface area contributed by atoms with Crippen LogP contribution in [0.5, 0.6) is 11.5 Å². The standard InChI is InChI=1S/C37H35N5O6/c1-4-42(22-24-11-14-29-25(17-24)21-38-41-29)16-15-23-9-12-26(13-10-23)39-36(44)28-18-33(46-2)34(47-3)19-30(28)40-37(45)35-20-31(43)27-7-5-6-8-32(27)48-35/h5-14,17-21H,4,15-16,22H2,1-3H3,(H,38,41)(H,39,44)(H,40,45). The van der Waals surface area contributed by atoms with Crippen molar-refractivity contribution in [3.05, 3.63) is 124 Å². The molecule has 0 aliphatic rings. The van der Waals surface area contributed by atoms with Gasteiger partial charge in [-0.25, -0.2) is 0 Å². The molecule has 2 heterocycles. The highest BCUT2D eigenvalue weighted by atomic mass is 16.5. The van der Waals surface area contributed by atoms with E-state index < -0.39 is 11.8 Å². The van der Waals surface area contributed by atoms with Crippen molar-refractivity contribution in [1.29, 1.82) is 0 Å². The number of aromatic amines is 1. The Hall–Kier alpha value is -5.94. The van der Waals surface area contributed by atoms with Gasteiger partial charge in [0.25, 0.3) is 11.8 Å². The molecule has 0 saturated carbocycles. The van der Waals surface area contributed by atoms with Gasteiger partial charge in [-0.3, -0.25) is 24.4 Å². The van der Waals surface area contributed by atoms with Gasteiger partial charge in [0.1, 0.15) is 5.58 Å². The molecule has 0 unspecified atom stereocenters. The normalized spacial score (nSPS) is 11.2. The van der Waals surface area contributed by atoms with E-state index in [1.807, 2.05) is 30.5 Å². The highest BCUT2D eigenvalue weighted by Gasteiger charge is 2.21. The van der Waals surface area contributed by atoms with Crippen molar-refractivity contribution in [2.24, 2.45) is 0 Å². The summed E-state index contributed by atoms with van der Waals surface area (Å²) in [5.41, 5.74) is 4.16. The second-order valence-corrected chi connectivity index (χ2v) is 11.2. The van der Waals surface area contributed by atoms with Crippen LogP contribution in [0.3, 0.4) is 0 Å². The minimum Gasteiger partial charge on any atom is -0.493 e. The van der Waals surface area contributed by atoms with Crippen LogP contribution in [0.4, 0.5) is 11.4 Å². The number of carbonyl (C=O) groups is 2. The van der Waals surface area contributed by atoms with E-state index in [4.69, 9.17) is 13.9 Å². The fourth-order valence-electron chi connectivity index (χ4n) is 5.51. The fourth-order valence-corrected chi connectivity index (χ4v) is 5.51. The lowest BCUT2D eigenvalue weighted by atomic mass is 10.1. The average molecular weight is 646 g/mol. The largest absolute Gasteiger partial charge is 0.493 e. The van der Waals surface area contributed by atoms with Crippen molar-refractivity contribution in [1.82, 2.24) is 15.1 Å². The molecule has 0 saturated heterocycles. The number of para-hydroxylation sites is 1. The number of carbonyl (C=O) groups excluding carboxylic acids is 2. The van der Waals surface area contributed by atoms with Crippen LogP contribution in [0, 0.1) is 0 Å². The number of hydrogen-bond donors (Lipinski definition) is 3. The molecule has 0 aliphatic carbocycles. The average Bonchev–Trinajstić information content (AvgIpc) is 3.58. The first kappa shape index (κ1) is 32.0. The third-order valence-electron chi connectivity index (χ3n) is 8.16.